The molecule has 2 bridgehead atoms. The van der Waals surface area contributed by atoms with Crippen molar-refractivity contribution in [1.29, 1.82) is 0 Å². The summed E-state index contributed by atoms with van der Waals surface area (Å²) in [5.74, 6) is 0.775. The third kappa shape index (κ3) is 12.1. The van der Waals surface area contributed by atoms with Crippen LogP contribution in [0.2, 0.25) is 0 Å². The van der Waals surface area contributed by atoms with Crippen LogP contribution in [0.3, 0.4) is 0 Å². The second kappa shape index (κ2) is 25.4. The quantitative estimate of drug-likeness (QED) is 0.0856. The van der Waals surface area contributed by atoms with E-state index in [2.05, 4.69) is 77.8 Å². The molecular weight excluding hydrogens is 981 g/mol. The van der Waals surface area contributed by atoms with Gasteiger partial charge in [0.2, 0.25) is 29.5 Å². The average Bonchev–Trinajstić information content (AvgIpc) is 4.16. The van der Waals surface area contributed by atoms with E-state index in [0.29, 0.717) is 55.6 Å². The van der Waals surface area contributed by atoms with Crippen LogP contribution in [0.15, 0.2) is 0 Å². The molecule has 5 unspecified atom stereocenters. The van der Waals surface area contributed by atoms with Crippen LogP contribution in [0, 0.1) is 74.4 Å². The van der Waals surface area contributed by atoms with Gasteiger partial charge in [0.1, 0.15) is 6.04 Å². The number of likely N-dealkylation sites (tertiary alicyclic amines) is 2. The highest BCUT2D eigenvalue weighted by molar-refractivity contribution is 5.90. The Hall–Kier alpha value is -2.81. The Labute approximate surface area is 474 Å². The number of hydrogen-bond acceptors (Lipinski definition) is 9. The number of nitrogens with zero attached hydrogens (tertiary/aromatic N) is 4. The van der Waals surface area contributed by atoms with E-state index in [0.717, 1.165) is 57.8 Å². The molecule has 0 aromatic carbocycles. The maximum atomic E-state index is 15.2. The highest BCUT2D eigenvalue weighted by Gasteiger charge is 2.71. The number of methoxy groups -OCH3 is 2. The number of carbonyl (C=O) groups excluding carboxylic acids is 5. The van der Waals surface area contributed by atoms with Crippen LogP contribution in [-0.2, 0) is 33.4 Å². The summed E-state index contributed by atoms with van der Waals surface area (Å²) in [6, 6.07) is -1.83. The fraction of sp³-hybridized carbons (Fsp3) is 0.922. The Morgan fingerprint density at radius 1 is 0.833 bits per heavy atom. The molecule has 17 atom stereocenters. The molecule has 14 nitrogen and oxygen atoms in total. The zero-order valence-electron chi connectivity index (χ0n) is 52.8. The molecule has 2 aliphatic heterocycles. The highest BCUT2D eigenvalue weighted by Crippen LogP contribution is 2.71. The smallest absolute Gasteiger partial charge is 0.245 e. The summed E-state index contributed by atoms with van der Waals surface area (Å²) >= 11 is 0. The number of unbranched alkanes of at least 4 members (excludes halogenated alkanes) is 1. The summed E-state index contributed by atoms with van der Waals surface area (Å²) < 4.78 is 12.3. The summed E-state index contributed by atoms with van der Waals surface area (Å²) in [6.07, 6.45) is 13.9. The minimum Gasteiger partial charge on any atom is -0.393 e. The normalized spacial score (nSPS) is 34.1. The number of aliphatic hydroxyl groups excluding tert-OH is 1. The first-order valence-corrected chi connectivity index (χ1v) is 31.3. The average molecular weight is 1100 g/mol. The molecule has 2 saturated heterocycles. The van der Waals surface area contributed by atoms with E-state index in [1.54, 1.807) is 26.2 Å². The predicted molar refractivity (Wildman–Crippen MR) is 311 cm³/mol. The number of likely N-dealkylation sites (N-methyl/N-ethyl adjacent to an activating group) is 2. The maximum absolute atomic E-state index is 15.2. The molecule has 0 radical (unpaired) electrons. The molecule has 0 spiro atoms. The van der Waals surface area contributed by atoms with Gasteiger partial charge in [-0.2, -0.15) is 0 Å². The van der Waals surface area contributed by atoms with Crippen molar-refractivity contribution in [2.45, 2.75) is 248 Å². The predicted octanol–water partition coefficient (Wildman–Crippen LogP) is 9.59. The van der Waals surface area contributed by atoms with E-state index >= 15 is 4.79 Å². The lowest BCUT2D eigenvalue weighted by atomic mass is 9.40. The number of carbonyl (C=O) groups is 5. The summed E-state index contributed by atoms with van der Waals surface area (Å²) in [6.45, 7) is 32.1. The van der Waals surface area contributed by atoms with Gasteiger partial charge in [-0.1, -0.05) is 116 Å². The van der Waals surface area contributed by atoms with Gasteiger partial charge in [0.05, 0.1) is 54.2 Å². The zero-order valence-corrected chi connectivity index (χ0v) is 52.8. The highest BCUT2D eigenvalue weighted by atomic mass is 16.5. The molecule has 4 saturated carbocycles. The van der Waals surface area contributed by atoms with E-state index in [4.69, 9.17) is 9.47 Å². The molecule has 0 aromatic heterocycles. The standard InChI is InChI=1S/C64H114N6O8/c1-20-22-25-47-61(11,12)48(71)28-29-63(47,14)43-26-27-44-50-55-60(9,10)30-32-64(50,33-31-62(44,13)38-43)59(76)70(55)36-34-65-56(73)42(8)54(78-19)45-24-23-35-69(45)49(72)37-46(77-18)53(41(7)21-2)68(17)58(75)51(39(3)4)66-57(74)52(40(5)6)67(15)16/h39-48,50-55,71H,20-38H2,1-19H3,(H,65,73)(H,66,74)/t41-,42+,43?,44+,45?,46+,47?,48-,50?,51-,52-,53-,54+,55?,62-,63+,64-/m0/s1. The molecule has 78 heavy (non-hydrogen) atoms. The number of rotatable bonds is 24. The van der Waals surface area contributed by atoms with E-state index in [1.165, 1.54) is 32.1 Å². The Balaban J connectivity index is 1.12. The molecule has 0 aromatic rings. The van der Waals surface area contributed by atoms with Crippen molar-refractivity contribution in [2.24, 2.45) is 74.4 Å². The van der Waals surface area contributed by atoms with Gasteiger partial charge < -0.3 is 39.9 Å². The van der Waals surface area contributed by atoms with Crippen molar-refractivity contribution >= 4 is 29.5 Å². The molecule has 3 N–H and O–H groups in total. The van der Waals surface area contributed by atoms with E-state index < -0.39 is 36.3 Å². The molecule has 14 heteroatoms. The minimum absolute atomic E-state index is 0.0242. The molecule has 6 rings (SSSR count). The first-order chi connectivity index (χ1) is 36.5. The largest absolute Gasteiger partial charge is 0.393 e. The van der Waals surface area contributed by atoms with Gasteiger partial charge in [0.25, 0.3) is 0 Å². The van der Waals surface area contributed by atoms with Gasteiger partial charge in [-0.3, -0.25) is 28.9 Å². The lowest BCUT2D eigenvalue weighted by molar-refractivity contribution is -0.164. The monoisotopic (exact) mass is 1090 g/mol. The van der Waals surface area contributed by atoms with Crippen LogP contribution in [0.4, 0.5) is 0 Å². The number of hydrogen-bond donors (Lipinski definition) is 3. The van der Waals surface area contributed by atoms with Gasteiger partial charge in [-0.15, -0.1) is 0 Å². The minimum atomic E-state index is -0.765. The Morgan fingerprint density at radius 2 is 1.50 bits per heavy atom. The second-order valence-electron chi connectivity index (χ2n) is 29.2. The topological polar surface area (TPSA) is 161 Å². The number of nitrogens with one attached hydrogen (secondary N) is 2. The van der Waals surface area contributed by atoms with E-state index in [1.807, 2.05) is 58.5 Å². The summed E-state index contributed by atoms with van der Waals surface area (Å²) in [5.41, 5.74) is -0.154. The zero-order chi connectivity index (χ0) is 58.2. The van der Waals surface area contributed by atoms with Gasteiger partial charge in [-0.25, -0.2) is 0 Å². The fourth-order valence-electron chi connectivity index (χ4n) is 18.2. The first kappa shape index (κ1) is 64.4. The van der Waals surface area contributed by atoms with Crippen molar-refractivity contribution in [1.82, 2.24) is 30.2 Å². The van der Waals surface area contributed by atoms with Crippen molar-refractivity contribution in [3.05, 3.63) is 0 Å². The molecule has 6 fully saturated rings. The maximum Gasteiger partial charge on any atom is 0.245 e. The second-order valence-corrected chi connectivity index (χ2v) is 29.2. The summed E-state index contributed by atoms with van der Waals surface area (Å²) in [7, 11) is 8.72. The van der Waals surface area contributed by atoms with Crippen LogP contribution in [-0.4, -0.2) is 158 Å². The molecule has 2 heterocycles. The van der Waals surface area contributed by atoms with Crippen LogP contribution >= 0.6 is 0 Å². The lowest BCUT2D eigenvalue weighted by Crippen LogP contribution is -2.60. The van der Waals surface area contributed by atoms with Gasteiger partial charge in [-0.05, 0) is 154 Å². The van der Waals surface area contributed by atoms with Crippen LogP contribution in [0.25, 0.3) is 0 Å². The number of aliphatic hydroxyl groups is 1. The first-order valence-electron chi connectivity index (χ1n) is 31.3. The van der Waals surface area contributed by atoms with Crippen LogP contribution in [0.1, 0.15) is 200 Å². The SMILES string of the molecule is CCCCC1C(C)(C)[C@@H](O)CC[C@]1(C)C1CC[C@@H]2C3C4N(CCNC(=O)[C@H](C)[C@@H](OC)C5CCCN5C(=O)C[C@@H](OC)[C@H]([C@@H](C)CC)N(C)C(=O)[C@@H](NC(=O)[C@H](C(C)C)N(C)C)C(C)C)C(=O)[C@@]3(CCC4(C)C)CC[C@@]2(C)C1. The third-order valence-electron chi connectivity index (χ3n) is 22.9. The number of amides is 5. The number of fused-ring (bicyclic) bond motifs is 1. The summed E-state index contributed by atoms with van der Waals surface area (Å²) in [5, 5.41) is 17.7. The Kier molecular flexibility index (Phi) is 20.9. The third-order valence-corrected chi connectivity index (χ3v) is 22.9. The Bertz CT molecular complexity index is 2070. The molecule has 5 amide bonds. The van der Waals surface area contributed by atoms with Crippen LogP contribution < -0.4 is 10.6 Å². The van der Waals surface area contributed by atoms with Gasteiger partial charge >= 0.3 is 0 Å². The Morgan fingerprint density at radius 3 is 2.09 bits per heavy atom. The fourth-order valence-corrected chi connectivity index (χ4v) is 18.2. The number of ether oxygens (including phenoxy) is 2. The van der Waals surface area contributed by atoms with E-state index in [-0.39, 0.29) is 93.1 Å². The lowest BCUT2D eigenvalue weighted by Gasteiger charge is -2.64. The van der Waals surface area contributed by atoms with Crippen molar-refractivity contribution < 1.29 is 38.6 Å². The van der Waals surface area contributed by atoms with E-state index in [9.17, 15) is 24.3 Å². The molecule has 4 aliphatic carbocycles. The van der Waals surface area contributed by atoms with Gasteiger partial charge in [0, 0.05) is 46.9 Å². The van der Waals surface area contributed by atoms with Gasteiger partial charge in [0.15, 0.2) is 0 Å². The van der Waals surface area contributed by atoms with Crippen molar-refractivity contribution in [2.75, 3.05) is 55.0 Å². The molecule has 6 aliphatic rings. The van der Waals surface area contributed by atoms with Crippen molar-refractivity contribution in [3.8, 4) is 0 Å². The summed E-state index contributed by atoms with van der Waals surface area (Å²) in [4.78, 5) is 79.9. The van der Waals surface area contributed by atoms with Crippen LogP contribution in [0.5, 0.6) is 0 Å². The molecule has 448 valence electrons. The molecular formula is C64H114N6O8. The van der Waals surface area contributed by atoms with Crippen molar-refractivity contribution in [3.63, 3.8) is 0 Å².